The van der Waals surface area contributed by atoms with E-state index in [1.807, 2.05) is 26.0 Å². The standard InChI is InChI=1S/C13H18ClNO2/c1-9(2)12(16)8-15-13(17)7-10-3-5-11(14)6-4-10/h3-6,9,12,16H,7-8H2,1-2H3,(H,15,17). The highest BCUT2D eigenvalue weighted by Crippen LogP contribution is 2.09. The van der Waals surface area contributed by atoms with Crippen LogP contribution in [-0.2, 0) is 11.2 Å². The molecule has 0 spiro atoms. The molecule has 0 heterocycles. The van der Waals surface area contributed by atoms with Gasteiger partial charge in [-0.2, -0.15) is 0 Å². The highest BCUT2D eigenvalue weighted by Gasteiger charge is 2.10. The zero-order valence-corrected chi connectivity index (χ0v) is 10.9. The van der Waals surface area contributed by atoms with Crippen molar-refractivity contribution in [2.45, 2.75) is 26.4 Å². The van der Waals surface area contributed by atoms with E-state index in [9.17, 15) is 9.90 Å². The average molecular weight is 256 g/mol. The summed E-state index contributed by atoms with van der Waals surface area (Å²) in [5, 5.41) is 12.9. The van der Waals surface area contributed by atoms with Crippen molar-refractivity contribution in [2.75, 3.05) is 6.54 Å². The number of carbonyl (C=O) groups is 1. The first kappa shape index (κ1) is 14.0. The van der Waals surface area contributed by atoms with Crippen LogP contribution >= 0.6 is 11.6 Å². The van der Waals surface area contributed by atoms with Gasteiger partial charge in [-0.15, -0.1) is 0 Å². The number of benzene rings is 1. The summed E-state index contributed by atoms with van der Waals surface area (Å²) < 4.78 is 0. The Bertz CT molecular complexity index is 362. The third-order valence-corrected chi connectivity index (χ3v) is 2.81. The third kappa shape index (κ3) is 5.20. The van der Waals surface area contributed by atoms with Gasteiger partial charge >= 0.3 is 0 Å². The minimum Gasteiger partial charge on any atom is -0.391 e. The van der Waals surface area contributed by atoms with Crippen molar-refractivity contribution in [3.8, 4) is 0 Å². The van der Waals surface area contributed by atoms with Crippen LogP contribution in [0, 0.1) is 5.92 Å². The quantitative estimate of drug-likeness (QED) is 0.846. The zero-order valence-electron chi connectivity index (χ0n) is 10.1. The van der Waals surface area contributed by atoms with Gasteiger partial charge in [-0.05, 0) is 23.6 Å². The zero-order chi connectivity index (χ0) is 12.8. The first-order valence-corrected chi connectivity index (χ1v) is 6.06. The second kappa shape index (κ2) is 6.62. The van der Waals surface area contributed by atoms with Gasteiger partial charge in [0.2, 0.25) is 5.91 Å². The summed E-state index contributed by atoms with van der Waals surface area (Å²) >= 11 is 5.75. The summed E-state index contributed by atoms with van der Waals surface area (Å²) in [6, 6.07) is 7.15. The van der Waals surface area contributed by atoms with Crippen LogP contribution in [0.1, 0.15) is 19.4 Å². The van der Waals surface area contributed by atoms with Gasteiger partial charge < -0.3 is 10.4 Å². The first-order chi connectivity index (χ1) is 7.99. The molecule has 0 bridgehead atoms. The van der Waals surface area contributed by atoms with Crippen molar-refractivity contribution in [3.05, 3.63) is 34.9 Å². The number of hydrogen-bond donors (Lipinski definition) is 2. The van der Waals surface area contributed by atoms with Crippen molar-refractivity contribution in [1.29, 1.82) is 0 Å². The lowest BCUT2D eigenvalue weighted by Gasteiger charge is -2.15. The lowest BCUT2D eigenvalue weighted by atomic mass is 10.1. The number of nitrogens with one attached hydrogen (secondary N) is 1. The molecule has 2 N–H and O–H groups in total. The Hall–Kier alpha value is -1.06. The normalized spacial score (nSPS) is 12.5. The number of aliphatic hydroxyl groups excluding tert-OH is 1. The molecule has 17 heavy (non-hydrogen) atoms. The summed E-state index contributed by atoms with van der Waals surface area (Å²) in [5.41, 5.74) is 0.908. The Labute approximate surface area is 107 Å². The molecule has 3 nitrogen and oxygen atoms in total. The molecule has 4 heteroatoms. The SMILES string of the molecule is CC(C)C(O)CNC(=O)Cc1ccc(Cl)cc1. The fourth-order valence-corrected chi connectivity index (χ4v) is 1.43. The van der Waals surface area contributed by atoms with Gasteiger partial charge in [0.05, 0.1) is 12.5 Å². The molecule has 1 atom stereocenters. The molecule has 94 valence electrons. The molecule has 0 aliphatic heterocycles. The van der Waals surface area contributed by atoms with Crippen molar-refractivity contribution in [1.82, 2.24) is 5.32 Å². The van der Waals surface area contributed by atoms with Crippen LogP contribution in [0.2, 0.25) is 5.02 Å². The number of halogens is 1. The van der Waals surface area contributed by atoms with E-state index < -0.39 is 6.10 Å². The monoisotopic (exact) mass is 255 g/mol. The van der Waals surface area contributed by atoms with Crippen LogP contribution < -0.4 is 5.32 Å². The van der Waals surface area contributed by atoms with Gasteiger partial charge in [-0.3, -0.25) is 4.79 Å². The van der Waals surface area contributed by atoms with E-state index in [0.717, 1.165) is 5.56 Å². The average Bonchev–Trinajstić information content (AvgIpc) is 2.29. The molecule has 0 saturated carbocycles. The predicted octanol–water partition coefficient (Wildman–Crippen LogP) is 2.02. The Kier molecular flexibility index (Phi) is 5.45. The Morgan fingerprint density at radius 1 is 1.35 bits per heavy atom. The topological polar surface area (TPSA) is 49.3 Å². The van der Waals surface area contributed by atoms with Crippen LogP contribution in [0.4, 0.5) is 0 Å². The van der Waals surface area contributed by atoms with E-state index in [1.165, 1.54) is 0 Å². The van der Waals surface area contributed by atoms with Gasteiger partial charge in [0.1, 0.15) is 0 Å². The molecule has 0 radical (unpaired) electrons. The Morgan fingerprint density at radius 3 is 2.47 bits per heavy atom. The van der Waals surface area contributed by atoms with E-state index in [1.54, 1.807) is 12.1 Å². The molecule has 1 rings (SSSR count). The molecule has 0 fully saturated rings. The summed E-state index contributed by atoms with van der Waals surface area (Å²) in [4.78, 5) is 11.6. The van der Waals surface area contributed by atoms with E-state index in [4.69, 9.17) is 11.6 Å². The van der Waals surface area contributed by atoms with Crippen LogP contribution in [0.25, 0.3) is 0 Å². The molecule has 0 saturated heterocycles. The van der Waals surface area contributed by atoms with Crippen molar-refractivity contribution >= 4 is 17.5 Å². The summed E-state index contributed by atoms with van der Waals surface area (Å²) in [6.45, 7) is 4.12. The van der Waals surface area contributed by atoms with Crippen LogP contribution in [0.15, 0.2) is 24.3 Å². The molecule has 0 aliphatic rings. The second-order valence-corrected chi connectivity index (χ2v) is 4.86. The van der Waals surface area contributed by atoms with Gasteiger partial charge in [-0.25, -0.2) is 0 Å². The molecule has 1 aromatic carbocycles. The van der Waals surface area contributed by atoms with Crippen LogP contribution in [-0.4, -0.2) is 23.7 Å². The van der Waals surface area contributed by atoms with E-state index in [2.05, 4.69) is 5.32 Å². The smallest absolute Gasteiger partial charge is 0.224 e. The van der Waals surface area contributed by atoms with Gasteiger partial charge in [0.15, 0.2) is 0 Å². The molecular formula is C13H18ClNO2. The summed E-state index contributed by atoms with van der Waals surface area (Å²) in [6.07, 6.45) is -0.189. The van der Waals surface area contributed by atoms with Gasteiger partial charge in [-0.1, -0.05) is 37.6 Å². The van der Waals surface area contributed by atoms with Crippen molar-refractivity contribution < 1.29 is 9.90 Å². The van der Waals surface area contributed by atoms with Crippen molar-refractivity contribution in [2.24, 2.45) is 5.92 Å². The van der Waals surface area contributed by atoms with E-state index in [0.29, 0.717) is 18.0 Å². The molecule has 1 amide bonds. The van der Waals surface area contributed by atoms with E-state index >= 15 is 0 Å². The van der Waals surface area contributed by atoms with E-state index in [-0.39, 0.29) is 11.8 Å². The number of carbonyl (C=O) groups excluding carboxylic acids is 1. The maximum absolute atomic E-state index is 11.6. The fraction of sp³-hybridized carbons (Fsp3) is 0.462. The maximum atomic E-state index is 11.6. The maximum Gasteiger partial charge on any atom is 0.224 e. The Morgan fingerprint density at radius 2 is 1.94 bits per heavy atom. The molecular weight excluding hydrogens is 238 g/mol. The molecule has 1 aromatic rings. The van der Waals surface area contributed by atoms with Gasteiger partial charge in [0, 0.05) is 11.6 Å². The highest BCUT2D eigenvalue weighted by molar-refractivity contribution is 6.30. The van der Waals surface area contributed by atoms with Crippen LogP contribution in [0.3, 0.4) is 0 Å². The minimum atomic E-state index is -0.496. The number of aliphatic hydroxyl groups is 1. The number of hydrogen-bond acceptors (Lipinski definition) is 2. The molecule has 0 aromatic heterocycles. The minimum absolute atomic E-state index is 0.0907. The summed E-state index contributed by atoms with van der Waals surface area (Å²) in [5.74, 6) is 0.0536. The fourth-order valence-electron chi connectivity index (χ4n) is 1.30. The summed E-state index contributed by atoms with van der Waals surface area (Å²) in [7, 11) is 0. The molecule has 1 unspecified atom stereocenters. The third-order valence-electron chi connectivity index (χ3n) is 2.56. The number of rotatable bonds is 5. The lowest BCUT2D eigenvalue weighted by molar-refractivity contribution is -0.121. The van der Waals surface area contributed by atoms with Gasteiger partial charge in [0.25, 0.3) is 0 Å². The largest absolute Gasteiger partial charge is 0.391 e. The first-order valence-electron chi connectivity index (χ1n) is 5.68. The lowest BCUT2D eigenvalue weighted by Crippen LogP contribution is -2.35. The molecule has 0 aliphatic carbocycles. The van der Waals surface area contributed by atoms with Crippen LogP contribution in [0.5, 0.6) is 0 Å². The second-order valence-electron chi connectivity index (χ2n) is 4.42. The van der Waals surface area contributed by atoms with Crippen molar-refractivity contribution in [3.63, 3.8) is 0 Å². The highest BCUT2D eigenvalue weighted by atomic mass is 35.5. The number of amides is 1. The Balaban J connectivity index is 2.37. The predicted molar refractivity (Wildman–Crippen MR) is 69.0 cm³/mol.